The Morgan fingerprint density at radius 2 is 2.00 bits per heavy atom. The van der Waals surface area contributed by atoms with Gasteiger partial charge in [-0.2, -0.15) is 0 Å². The smallest absolute Gasteiger partial charge is 0.306 e. The Morgan fingerprint density at radius 1 is 1.38 bits per heavy atom. The third kappa shape index (κ3) is 3.95. The summed E-state index contributed by atoms with van der Waals surface area (Å²) in [4.78, 5) is 22.3. The molecule has 1 saturated carbocycles. The van der Waals surface area contributed by atoms with Crippen LogP contribution in [-0.2, 0) is 14.3 Å². The molecule has 0 amide bonds. The molecule has 0 heterocycles. The highest BCUT2D eigenvalue weighted by atomic mass is 16.6. The molecule has 0 aromatic rings. The monoisotopic (exact) mass is 226 g/mol. The van der Waals surface area contributed by atoms with Gasteiger partial charge in [0.15, 0.2) is 0 Å². The van der Waals surface area contributed by atoms with Gasteiger partial charge in [-0.1, -0.05) is 6.92 Å². The molecule has 0 saturated heterocycles. The number of rotatable bonds is 3. The zero-order valence-corrected chi connectivity index (χ0v) is 10.7. The van der Waals surface area contributed by atoms with Crippen LogP contribution < -0.4 is 0 Å². The van der Waals surface area contributed by atoms with Gasteiger partial charge in [0.05, 0.1) is 0 Å². The number of esters is 1. The second-order valence-corrected chi connectivity index (χ2v) is 5.90. The van der Waals surface area contributed by atoms with Gasteiger partial charge in [-0.05, 0) is 45.4 Å². The molecule has 0 unspecified atom stereocenters. The molecule has 0 bridgehead atoms. The van der Waals surface area contributed by atoms with Crippen LogP contribution in [0.2, 0.25) is 0 Å². The zero-order valence-electron chi connectivity index (χ0n) is 10.7. The molecule has 0 aliphatic heterocycles. The van der Waals surface area contributed by atoms with Crippen molar-refractivity contribution in [2.45, 2.75) is 52.6 Å². The van der Waals surface area contributed by atoms with Crippen LogP contribution in [0.3, 0.4) is 0 Å². The van der Waals surface area contributed by atoms with E-state index >= 15 is 0 Å². The van der Waals surface area contributed by atoms with Gasteiger partial charge in [0.1, 0.15) is 11.9 Å². The van der Waals surface area contributed by atoms with E-state index in [0.29, 0.717) is 18.3 Å². The maximum atomic E-state index is 11.6. The van der Waals surface area contributed by atoms with Gasteiger partial charge in [-0.25, -0.2) is 0 Å². The third-order valence-electron chi connectivity index (χ3n) is 3.13. The summed E-state index contributed by atoms with van der Waals surface area (Å²) in [6.45, 7) is 7.73. The van der Waals surface area contributed by atoms with Crippen molar-refractivity contribution in [2.75, 3.05) is 0 Å². The van der Waals surface area contributed by atoms with E-state index < -0.39 is 5.60 Å². The number of hydrogen-bond donors (Lipinski definition) is 0. The molecule has 0 spiro atoms. The standard InChI is InChI=1S/C13H22O3/c1-9-5-10(8-14)6-11(9)7-12(15)16-13(2,3)4/h8-11H,5-7H2,1-4H3/t9-,10+,11-/m0/s1. The predicted octanol–water partition coefficient (Wildman–Crippen LogP) is 2.58. The maximum Gasteiger partial charge on any atom is 0.306 e. The summed E-state index contributed by atoms with van der Waals surface area (Å²) in [5.74, 6) is 0.756. The average molecular weight is 226 g/mol. The zero-order chi connectivity index (χ0) is 12.3. The maximum absolute atomic E-state index is 11.6. The predicted molar refractivity (Wildman–Crippen MR) is 61.9 cm³/mol. The van der Waals surface area contributed by atoms with Gasteiger partial charge < -0.3 is 9.53 Å². The van der Waals surface area contributed by atoms with Crippen molar-refractivity contribution in [3.05, 3.63) is 0 Å². The SMILES string of the molecule is C[C@H]1C[C@@H](C=O)C[C@H]1CC(=O)OC(C)(C)C. The van der Waals surface area contributed by atoms with E-state index in [9.17, 15) is 9.59 Å². The topological polar surface area (TPSA) is 43.4 Å². The number of carbonyl (C=O) groups excluding carboxylic acids is 2. The molecule has 92 valence electrons. The number of ether oxygens (including phenoxy) is 1. The second kappa shape index (κ2) is 4.98. The van der Waals surface area contributed by atoms with Gasteiger partial charge in [0, 0.05) is 12.3 Å². The highest BCUT2D eigenvalue weighted by molar-refractivity contribution is 5.70. The van der Waals surface area contributed by atoms with E-state index in [1.165, 1.54) is 0 Å². The number of hydrogen-bond acceptors (Lipinski definition) is 3. The second-order valence-electron chi connectivity index (χ2n) is 5.90. The highest BCUT2D eigenvalue weighted by Crippen LogP contribution is 2.37. The van der Waals surface area contributed by atoms with E-state index in [2.05, 4.69) is 6.92 Å². The molecule has 0 radical (unpaired) electrons. The van der Waals surface area contributed by atoms with Gasteiger partial charge in [-0.3, -0.25) is 4.79 Å². The minimum Gasteiger partial charge on any atom is -0.460 e. The molecular weight excluding hydrogens is 204 g/mol. The first-order valence-electron chi connectivity index (χ1n) is 5.99. The summed E-state index contributed by atoms with van der Waals surface area (Å²) in [6.07, 6.45) is 3.22. The lowest BCUT2D eigenvalue weighted by atomic mass is 9.95. The largest absolute Gasteiger partial charge is 0.460 e. The average Bonchev–Trinajstić information content (AvgIpc) is 2.44. The van der Waals surface area contributed by atoms with Crippen LogP contribution in [0, 0.1) is 17.8 Å². The fraction of sp³-hybridized carbons (Fsp3) is 0.846. The Balaban J connectivity index is 2.43. The fourth-order valence-corrected chi connectivity index (χ4v) is 2.38. The molecule has 1 fully saturated rings. The van der Waals surface area contributed by atoms with Crippen LogP contribution in [0.5, 0.6) is 0 Å². The molecule has 1 aliphatic rings. The number of carbonyl (C=O) groups is 2. The van der Waals surface area contributed by atoms with Crippen LogP contribution >= 0.6 is 0 Å². The van der Waals surface area contributed by atoms with E-state index in [-0.39, 0.29) is 11.9 Å². The van der Waals surface area contributed by atoms with Crippen molar-refractivity contribution in [1.29, 1.82) is 0 Å². The summed E-state index contributed by atoms with van der Waals surface area (Å²) in [5.41, 5.74) is -0.414. The van der Waals surface area contributed by atoms with Crippen molar-refractivity contribution in [2.24, 2.45) is 17.8 Å². The Morgan fingerprint density at radius 3 is 2.44 bits per heavy atom. The molecule has 0 aromatic carbocycles. The summed E-state index contributed by atoms with van der Waals surface area (Å²) in [5, 5.41) is 0. The first-order chi connectivity index (χ1) is 7.31. The molecule has 1 rings (SSSR count). The van der Waals surface area contributed by atoms with Crippen LogP contribution in [0.15, 0.2) is 0 Å². The summed E-state index contributed by atoms with van der Waals surface area (Å²) < 4.78 is 5.29. The Labute approximate surface area is 97.5 Å². The van der Waals surface area contributed by atoms with Crippen molar-refractivity contribution < 1.29 is 14.3 Å². The Hall–Kier alpha value is -0.860. The Kier molecular flexibility index (Phi) is 4.11. The van der Waals surface area contributed by atoms with Crippen LogP contribution in [-0.4, -0.2) is 17.9 Å². The lowest BCUT2D eigenvalue weighted by Crippen LogP contribution is -2.25. The number of aldehydes is 1. The van der Waals surface area contributed by atoms with E-state index in [0.717, 1.165) is 19.1 Å². The molecule has 0 N–H and O–H groups in total. The van der Waals surface area contributed by atoms with Crippen LogP contribution in [0.4, 0.5) is 0 Å². The highest BCUT2D eigenvalue weighted by Gasteiger charge is 2.33. The van der Waals surface area contributed by atoms with Gasteiger partial charge >= 0.3 is 5.97 Å². The van der Waals surface area contributed by atoms with E-state index in [1.54, 1.807) is 0 Å². The third-order valence-corrected chi connectivity index (χ3v) is 3.13. The summed E-state index contributed by atoms with van der Waals surface area (Å²) in [6, 6.07) is 0. The molecule has 3 atom stereocenters. The Bertz CT molecular complexity index is 265. The minimum absolute atomic E-state index is 0.141. The minimum atomic E-state index is -0.414. The quantitative estimate of drug-likeness (QED) is 0.548. The summed E-state index contributed by atoms with van der Waals surface area (Å²) >= 11 is 0. The van der Waals surface area contributed by atoms with E-state index in [4.69, 9.17) is 4.74 Å². The van der Waals surface area contributed by atoms with Crippen molar-refractivity contribution in [3.63, 3.8) is 0 Å². The normalized spacial score (nSPS) is 30.1. The molecular formula is C13H22O3. The van der Waals surface area contributed by atoms with Crippen LogP contribution in [0.1, 0.15) is 47.0 Å². The van der Waals surface area contributed by atoms with Gasteiger partial charge in [0.2, 0.25) is 0 Å². The van der Waals surface area contributed by atoms with Crippen LogP contribution in [0.25, 0.3) is 0 Å². The van der Waals surface area contributed by atoms with Crippen molar-refractivity contribution in [3.8, 4) is 0 Å². The van der Waals surface area contributed by atoms with Crippen molar-refractivity contribution >= 4 is 12.3 Å². The molecule has 3 heteroatoms. The van der Waals surface area contributed by atoms with Crippen molar-refractivity contribution in [1.82, 2.24) is 0 Å². The van der Waals surface area contributed by atoms with Gasteiger partial charge in [0.25, 0.3) is 0 Å². The molecule has 0 aromatic heterocycles. The lowest BCUT2D eigenvalue weighted by Gasteiger charge is -2.22. The molecule has 3 nitrogen and oxygen atoms in total. The van der Waals surface area contributed by atoms with Gasteiger partial charge in [-0.15, -0.1) is 0 Å². The summed E-state index contributed by atoms with van der Waals surface area (Å²) in [7, 11) is 0. The fourth-order valence-electron chi connectivity index (χ4n) is 2.38. The first-order valence-corrected chi connectivity index (χ1v) is 5.99. The lowest BCUT2D eigenvalue weighted by molar-refractivity contribution is -0.156. The first kappa shape index (κ1) is 13.2. The molecule has 16 heavy (non-hydrogen) atoms. The molecule has 1 aliphatic carbocycles. The van der Waals surface area contributed by atoms with E-state index in [1.807, 2.05) is 20.8 Å².